The first kappa shape index (κ1) is 22.1. The zero-order valence-corrected chi connectivity index (χ0v) is 19.8. The van der Waals surface area contributed by atoms with Crippen molar-refractivity contribution in [3.8, 4) is 5.75 Å². The number of thioether (sulfide) groups is 1. The number of hydrogen-bond acceptors (Lipinski definition) is 5. The largest absolute Gasteiger partial charge is 0.496 e. The number of rotatable bonds is 8. The van der Waals surface area contributed by atoms with E-state index in [-0.39, 0.29) is 11.7 Å². The lowest BCUT2D eigenvalue weighted by molar-refractivity contribution is -0.118. The Morgan fingerprint density at radius 1 is 1.16 bits per heavy atom. The predicted octanol–water partition coefficient (Wildman–Crippen LogP) is 5.10. The number of nitrogens with one attached hydrogen (secondary N) is 1. The molecule has 0 aliphatic rings. The second kappa shape index (κ2) is 10.5. The number of hydrogen-bond donors (Lipinski definition) is 1. The van der Waals surface area contributed by atoms with Crippen LogP contribution in [0.4, 0.5) is 0 Å². The van der Waals surface area contributed by atoms with Gasteiger partial charge in [0.1, 0.15) is 5.75 Å². The minimum atomic E-state index is -0.210. The van der Waals surface area contributed by atoms with Crippen molar-refractivity contribution < 1.29 is 9.53 Å². The van der Waals surface area contributed by atoms with Crippen molar-refractivity contribution >= 4 is 50.8 Å². The fraction of sp³-hybridized carbons (Fsp3) is 0.125. The van der Waals surface area contributed by atoms with Crippen LogP contribution in [0.5, 0.6) is 5.75 Å². The van der Waals surface area contributed by atoms with Crippen molar-refractivity contribution in [1.29, 1.82) is 0 Å². The predicted molar refractivity (Wildman–Crippen MR) is 132 cm³/mol. The molecule has 0 aliphatic carbocycles. The van der Waals surface area contributed by atoms with E-state index >= 15 is 0 Å². The average Bonchev–Trinajstić information content (AvgIpc) is 3.16. The zero-order valence-electron chi connectivity index (χ0n) is 17.4. The summed E-state index contributed by atoms with van der Waals surface area (Å²) in [6, 6.07) is 23.8. The number of methoxy groups -OCH3 is 1. The lowest BCUT2D eigenvalue weighted by Gasteiger charge is -2.09. The van der Waals surface area contributed by atoms with Gasteiger partial charge in [0.25, 0.3) is 5.91 Å². The molecule has 3 aromatic carbocycles. The molecular weight excluding hydrogens is 488 g/mol. The fourth-order valence-corrected chi connectivity index (χ4v) is 4.41. The lowest BCUT2D eigenvalue weighted by Crippen LogP contribution is -2.20. The molecule has 1 aromatic heterocycles. The third-order valence-corrected chi connectivity index (χ3v) is 6.19. The van der Waals surface area contributed by atoms with Crippen molar-refractivity contribution in [1.82, 2.24) is 15.0 Å². The van der Waals surface area contributed by atoms with Gasteiger partial charge in [-0.1, -0.05) is 70.2 Å². The van der Waals surface area contributed by atoms with Crippen LogP contribution in [0.2, 0.25) is 0 Å². The average molecular weight is 509 g/mol. The number of benzene rings is 3. The van der Waals surface area contributed by atoms with E-state index in [1.807, 2.05) is 60.7 Å². The Hall–Kier alpha value is -3.10. The Bertz CT molecular complexity index is 1260. The third kappa shape index (κ3) is 5.38. The van der Waals surface area contributed by atoms with Crippen LogP contribution in [0.3, 0.4) is 0 Å². The first-order valence-corrected chi connectivity index (χ1v) is 11.7. The molecule has 0 spiro atoms. The molecule has 4 aromatic rings. The van der Waals surface area contributed by atoms with Crippen molar-refractivity contribution in [2.45, 2.75) is 11.7 Å². The van der Waals surface area contributed by atoms with E-state index < -0.39 is 0 Å². The number of amides is 1. The summed E-state index contributed by atoms with van der Waals surface area (Å²) in [5.74, 6) is 0.666. The highest BCUT2D eigenvalue weighted by Gasteiger charge is 2.13. The highest BCUT2D eigenvalue weighted by atomic mass is 79.9. The molecule has 0 saturated carbocycles. The minimum Gasteiger partial charge on any atom is -0.496 e. The summed E-state index contributed by atoms with van der Waals surface area (Å²) in [7, 11) is 1.59. The van der Waals surface area contributed by atoms with Gasteiger partial charge in [0, 0.05) is 10.0 Å². The Balaban J connectivity index is 1.44. The van der Waals surface area contributed by atoms with E-state index in [1.54, 1.807) is 13.3 Å². The number of ether oxygens (including phenoxy) is 1. The maximum Gasteiger partial charge on any atom is 0.250 e. The van der Waals surface area contributed by atoms with E-state index in [2.05, 4.69) is 43.2 Å². The van der Waals surface area contributed by atoms with Gasteiger partial charge >= 0.3 is 0 Å². The summed E-state index contributed by atoms with van der Waals surface area (Å²) in [4.78, 5) is 17.1. The van der Waals surface area contributed by atoms with Crippen LogP contribution in [0, 0.1) is 0 Å². The first-order chi connectivity index (χ1) is 15.6. The molecule has 0 fully saturated rings. The maximum absolute atomic E-state index is 12.4. The normalized spacial score (nSPS) is 11.2. The Kier molecular flexibility index (Phi) is 7.24. The van der Waals surface area contributed by atoms with Crippen molar-refractivity contribution in [3.63, 3.8) is 0 Å². The Labute approximate surface area is 198 Å². The third-order valence-electron chi connectivity index (χ3n) is 4.72. The highest BCUT2D eigenvalue weighted by Crippen LogP contribution is 2.25. The van der Waals surface area contributed by atoms with Gasteiger partial charge < -0.3 is 9.30 Å². The molecule has 162 valence electrons. The van der Waals surface area contributed by atoms with Gasteiger partial charge in [0.15, 0.2) is 5.16 Å². The van der Waals surface area contributed by atoms with E-state index in [0.29, 0.717) is 12.3 Å². The van der Waals surface area contributed by atoms with Gasteiger partial charge in [-0.25, -0.2) is 10.4 Å². The number of carbonyl (C=O) groups is 1. The number of nitrogens with zero attached hydrogens (tertiary/aromatic N) is 3. The van der Waals surface area contributed by atoms with Crippen molar-refractivity contribution in [2.75, 3.05) is 12.9 Å². The summed E-state index contributed by atoms with van der Waals surface area (Å²) in [5, 5.41) is 4.86. The number of aromatic nitrogens is 2. The van der Waals surface area contributed by atoms with Crippen LogP contribution in [-0.2, 0) is 11.3 Å². The van der Waals surface area contributed by atoms with E-state index in [4.69, 9.17) is 9.72 Å². The molecular formula is C24H21BrN4O2S. The molecule has 1 amide bonds. The van der Waals surface area contributed by atoms with Crippen LogP contribution >= 0.6 is 27.7 Å². The number of carbonyl (C=O) groups excluding carboxylic acids is 1. The number of hydrazone groups is 1. The SMILES string of the molecule is COc1ccc(Br)cc1/C=N\NC(=O)CSc1nc2ccccc2n1Cc1ccccc1. The minimum absolute atomic E-state index is 0.199. The molecule has 1 heterocycles. The molecule has 8 heteroatoms. The van der Waals surface area contributed by atoms with Crippen molar-refractivity contribution in [3.05, 3.63) is 88.4 Å². The van der Waals surface area contributed by atoms with Crippen LogP contribution in [0.15, 0.2) is 87.5 Å². The van der Waals surface area contributed by atoms with Gasteiger partial charge in [0.2, 0.25) is 0 Å². The summed E-state index contributed by atoms with van der Waals surface area (Å²) in [5.41, 5.74) is 6.46. The molecule has 0 unspecified atom stereocenters. The molecule has 0 aliphatic heterocycles. The topological polar surface area (TPSA) is 68.5 Å². The highest BCUT2D eigenvalue weighted by molar-refractivity contribution is 9.10. The second-order valence-corrected chi connectivity index (χ2v) is 8.78. The smallest absolute Gasteiger partial charge is 0.250 e. The quantitative estimate of drug-likeness (QED) is 0.204. The zero-order chi connectivity index (χ0) is 22.3. The number of halogens is 1. The van der Waals surface area contributed by atoms with E-state index in [1.165, 1.54) is 17.3 Å². The Morgan fingerprint density at radius 3 is 2.75 bits per heavy atom. The lowest BCUT2D eigenvalue weighted by atomic mass is 10.2. The van der Waals surface area contributed by atoms with Crippen LogP contribution in [-0.4, -0.2) is 34.5 Å². The molecule has 0 bridgehead atoms. The summed E-state index contributed by atoms with van der Waals surface area (Å²) < 4.78 is 8.35. The molecule has 4 rings (SSSR count). The van der Waals surface area contributed by atoms with Gasteiger partial charge in [0.05, 0.1) is 36.7 Å². The number of imidazole rings is 1. The summed E-state index contributed by atoms with van der Waals surface area (Å²) in [6.45, 7) is 0.687. The fourth-order valence-electron chi connectivity index (χ4n) is 3.22. The molecule has 1 N–H and O–H groups in total. The number of para-hydroxylation sites is 2. The molecule has 0 radical (unpaired) electrons. The number of fused-ring (bicyclic) bond motifs is 1. The van der Waals surface area contributed by atoms with Gasteiger partial charge in [-0.3, -0.25) is 4.79 Å². The first-order valence-electron chi connectivity index (χ1n) is 9.91. The summed E-state index contributed by atoms with van der Waals surface area (Å²) in [6.07, 6.45) is 1.57. The van der Waals surface area contributed by atoms with Gasteiger partial charge in [-0.15, -0.1) is 0 Å². The Morgan fingerprint density at radius 2 is 1.94 bits per heavy atom. The monoisotopic (exact) mass is 508 g/mol. The molecule has 32 heavy (non-hydrogen) atoms. The maximum atomic E-state index is 12.4. The van der Waals surface area contributed by atoms with Gasteiger partial charge in [-0.2, -0.15) is 5.10 Å². The second-order valence-electron chi connectivity index (χ2n) is 6.92. The van der Waals surface area contributed by atoms with Crippen LogP contribution < -0.4 is 10.2 Å². The molecule has 6 nitrogen and oxygen atoms in total. The summed E-state index contributed by atoms with van der Waals surface area (Å²) >= 11 is 4.81. The van der Waals surface area contributed by atoms with Crippen LogP contribution in [0.1, 0.15) is 11.1 Å². The standard InChI is InChI=1S/C24H21BrN4O2S/c1-31-22-12-11-19(25)13-18(22)14-26-28-23(30)16-32-24-27-20-9-5-6-10-21(20)29(24)15-17-7-3-2-4-8-17/h2-14H,15-16H2,1H3,(H,28,30)/b26-14-. The molecule has 0 saturated heterocycles. The van der Waals surface area contributed by atoms with Crippen molar-refractivity contribution in [2.24, 2.45) is 5.10 Å². The van der Waals surface area contributed by atoms with Gasteiger partial charge in [-0.05, 0) is 35.9 Å². The van der Waals surface area contributed by atoms with E-state index in [0.717, 1.165) is 26.2 Å². The molecule has 0 atom stereocenters. The van der Waals surface area contributed by atoms with E-state index in [9.17, 15) is 4.79 Å². The van der Waals surface area contributed by atoms with Crippen LogP contribution in [0.25, 0.3) is 11.0 Å².